The lowest BCUT2D eigenvalue weighted by Gasteiger charge is -2.32. The first-order valence-electron chi connectivity index (χ1n) is 5.28. The molecule has 0 spiro atoms. The maximum Gasteiger partial charge on any atom is 0.0928 e. The van der Waals surface area contributed by atoms with E-state index in [0.717, 1.165) is 45.6 Å². The van der Waals surface area contributed by atoms with Crippen LogP contribution in [0.5, 0.6) is 0 Å². The highest BCUT2D eigenvalue weighted by Gasteiger charge is 2.13. The van der Waals surface area contributed by atoms with E-state index in [0.29, 0.717) is 0 Å². The minimum atomic E-state index is -0.275. The van der Waals surface area contributed by atoms with Gasteiger partial charge in [-0.05, 0) is 26.4 Å². The van der Waals surface area contributed by atoms with Crippen molar-refractivity contribution >= 4 is 0 Å². The number of likely N-dealkylation sites (N-methyl/N-ethyl adjacent to an activating group) is 1. The standard InChI is InChI=1S/C10H20N4/c1-13-5-7-14(8-6-13)4-2-3-10(12)9-11/h10H,2-8,12H2,1H3. The van der Waals surface area contributed by atoms with Crippen LogP contribution in [0.2, 0.25) is 0 Å². The van der Waals surface area contributed by atoms with Crippen molar-refractivity contribution in [3.05, 3.63) is 0 Å². The summed E-state index contributed by atoms with van der Waals surface area (Å²) in [5.74, 6) is 0. The summed E-state index contributed by atoms with van der Waals surface area (Å²) in [6.45, 7) is 5.70. The van der Waals surface area contributed by atoms with Gasteiger partial charge in [-0.25, -0.2) is 0 Å². The van der Waals surface area contributed by atoms with Gasteiger partial charge in [0.2, 0.25) is 0 Å². The van der Waals surface area contributed by atoms with Gasteiger partial charge in [0, 0.05) is 26.2 Å². The van der Waals surface area contributed by atoms with Gasteiger partial charge in [0.25, 0.3) is 0 Å². The van der Waals surface area contributed by atoms with Crippen molar-refractivity contribution in [3.63, 3.8) is 0 Å². The minimum absolute atomic E-state index is 0.275. The number of hydrogen-bond donors (Lipinski definition) is 1. The van der Waals surface area contributed by atoms with Crippen LogP contribution in [0.4, 0.5) is 0 Å². The quantitative estimate of drug-likeness (QED) is 0.680. The van der Waals surface area contributed by atoms with Crippen LogP contribution in [0.15, 0.2) is 0 Å². The van der Waals surface area contributed by atoms with Crippen molar-refractivity contribution in [2.24, 2.45) is 5.73 Å². The number of piperazine rings is 1. The molecule has 1 atom stereocenters. The summed E-state index contributed by atoms with van der Waals surface area (Å²) < 4.78 is 0. The van der Waals surface area contributed by atoms with E-state index in [-0.39, 0.29) is 6.04 Å². The van der Waals surface area contributed by atoms with Crippen molar-refractivity contribution in [3.8, 4) is 6.07 Å². The molecule has 4 nitrogen and oxygen atoms in total. The van der Waals surface area contributed by atoms with E-state index in [1.54, 1.807) is 0 Å². The molecule has 1 rings (SSSR count). The lowest BCUT2D eigenvalue weighted by Crippen LogP contribution is -2.44. The molecule has 0 aromatic rings. The molecule has 0 amide bonds. The van der Waals surface area contributed by atoms with Gasteiger partial charge in [0.1, 0.15) is 0 Å². The molecule has 1 fully saturated rings. The van der Waals surface area contributed by atoms with Crippen LogP contribution in [0.25, 0.3) is 0 Å². The molecule has 1 heterocycles. The number of nitrogens with two attached hydrogens (primary N) is 1. The highest BCUT2D eigenvalue weighted by atomic mass is 15.2. The molecule has 0 radical (unpaired) electrons. The Bertz CT molecular complexity index is 191. The second kappa shape index (κ2) is 5.97. The van der Waals surface area contributed by atoms with E-state index < -0.39 is 0 Å². The molecular formula is C10H20N4. The molecule has 1 saturated heterocycles. The lowest BCUT2D eigenvalue weighted by atomic mass is 10.2. The van der Waals surface area contributed by atoms with Gasteiger partial charge in [0.05, 0.1) is 12.1 Å². The summed E-state index contributed by atoms with van der Waals surface area (Å²) in [4.78, 5) is 4.79. The van der Waals surface area contributed by atoms with Gasteiger partial charge in [0.15, 0.2) is 0 Å². The Kier molecular flexibility index (Phi) is 4.88. The Morgan fingerprint density at radius 1 is 1.36 bits per heavy atom. The van der Waals surface area contributed by atoms with Crippen LogP contribution in [0.3, 0.4) is 0 Å². The zero-order valence-corrected chi connectivity index (χ0v) is 8.95. The largest absolute Gasteiger partial charge is 0.316 e. The monoisotopic (exact) mass is 196 g/mol. The Morgan fingerprint density at radius 3 is 2.57 bits per heavy atom. The molecule has 1 unspecified atom stereocenters. The molecule has 0 aliphatic carbocycles. The summed E-state index contributed by atoms with van der Waals surface area (Å²) >= 11 is 0. The number of rotatable bonds is 4. The average molecular weight is 196 g/mol. The minimum Gasteiger partial charge on any atom is -0.316 e. The number of nitrogens with zero attached hydrogens (tertiary/aromatic N) is 3. The first-order chi connectivity index (χ1) is 6.72. The van der Waals surface area contributed by atoms with E-state index in [1.807, 2.05) is 0 Å². The van der Waals surface area contributed by atoms with Crippen molar-refractivity contribution in [1.82, 2.24) is 9.80 Å². The summed E-state index contributed by atoms with van der Waals surface area (Å²) in [6, 6.07) is 1.79. The molecule has 14 heavy (non-hydrogen) atoms. The topological polar surface area (TPSA) is 56.3 Å². The molecule has 0 saturated carbocycles. The predicted octanol–water partition coefficient (Wildman–Crippen LogP) is -0.135. The fraction of sp³-hybridized carbons (Fsp3) is 0.900. The maximum atomic E-state index is 8.51. The normalized spacial score (nSPS) is 21.8. The molecule has 80 valence electrons. The Morgan fingerprint density at radius 2 is 2.00 bits per heavy atom. The highest BCUT2D eigenvalue weighted by molar-refractivity contribution is 4.86. The Balaban J connectivity index is 2.05. The summed E-state index contributed by atoms with van der Waals surface area (Å²) in [5.41, 5.74) is 5.52. The second-order valence-corrected chi connectivity index (χ2v) is 4.02. The molecule has 0 aromatic carbocycles. The summed E-state index contributed by atoms with van der Waals surface area (Å²) in [7, 11) is 2.16. The van der Waals surface area contributed by atoms with Crippen LogP contribution in [0.1, 0.15) is 12.8 Å². The SMILES string of the molecule is CN1CCN(CCCC(N)C#N)CC1. The highest BCUT2D eigenvalue weighted by Crippen LogP contribution is 2.02. The van der Waals surface area contributed by atoms with E-state index in [4.69, 9.17) is 11.0 Å². The molecule has 0 bridgehead atoms. The summed E-state index contributed by atoms with van der Waals surface area (Å²) in [5, 5.41) is 8.51. The number of hydrogen-bond acceptors (Lipinski definition) is 4. The van der Waals surface area contributed by atoms with Gasteiger partial charge in [-0.1, -0.05) is 0 Å². The van der Waals surface area contributed by atoms with Crippen LogP contribution >= 0.6 is 0 Å². The molecule has 4 heteroatoms. The van der Waals surface area contributed by atoms with Crippen LogP contribution in [-0.4, -0.2) is 55.6 Å². The zero-order chi connectivity index (χ0) is 10.4. The average Bonchev–Trinajstić information content (AvgIpc) is 2.21. The maximum absolute atomic E-state index is 8.51. The third-order valence-electron chi connectivity index (χ3n) is 2.75. The van der Waals surface area contributed by atoms with E-state index >= 15 is 0 Å². The van der Waals surface area contributed by atoms with E-state index in [2.05, 4.69) is 22.9 Å². The first kappa shape index (κ1) is 11.4. The van der Waals surface area contributed by atoms with E-state index in [1.165, 1.54) is 0 Å². The van der Waals surface area contributed by atoms with Crippen LogP contribution in [0, 0.1) is 11.3 Å². The fourth-order valence-electron chi connectivity index (χ4n) is 1.67. The van der Waals surface area contributed by atoms with Gasteiger partial charge in [-0.15, -0.1) is 0 Å². The molecule has 0 aromatic heterocycles. The van der Waals surface area contributed by atoms with Crippen LogP contribution in [-0.2, 0) is 0 Å². The Hall–Kier alpha value is -0.630. The van der Waals surface area contributed by atoms with E-state index in [9.17, 15) is 0 Å². The smallest absolute Gasteiger partial charge is 0.0928 e. The zero-order valence-electron chi connectivity index (χ0n) is 8.95. The van der Waals surface area contributed by atoms with Crippen molar-refractivity contribution in [2.45, 2.75) is 18.9 Å². The molecule has 1 aliphatic heterocycles. The molecule has 2 N–H and O–H groups in total. The van der Waals surface area contributed by atoms with Gasteiger partial charge < -0.3 is 15.5 Å². The fourth-order valence-corrected chi connectivity index (χ4v) is 1.67. The summed E-state index contributed by atoms with van der Waals surface area (Å²) in [6.07, 6.45) is 1.86. The van der Waals surface area contributed by atoms with Crippen molar-refractivity contribution in [1.29, 1.82) is 5.26 Å². The third-order valence-corrected chi connectivity index (χ3v) is 2.75. The van der Waals surface area contributed by atoms with Crippen LogP contribution < -0.4 is 5.73 Å². The second-order valence-electron chi connectivity index (χ2n) is 4.02. The van der Waals surface area contributed by atoms with Gasteiger partial charge in [-0.3, -0.25) is 0 Å². The Labute approximate surface area is 86.3 Å². The molecular weight excluding hydrogens is 176 g/mol. The third kappa shape index (κ3) is 4.05. The van der Waals surface area contributed by atoms with Gasteiger partial charge in [-0.2, -0.15) is 5.26 Å². The van der Waals surface area contributed by atoms with Gasteiger partial charge >= 0.3 is 0 Å². The lowest BCUT2D eigenvalue weighted by molar-refractivity contribution is 0.152. The first-order valence-corrected chi connectivity index (χ1v) is 5.28. The number of nitriles is 1. The van der Waals surface area contributed by atoms with Crippen molar-refractivity contribution in [2.75, 3.05) is 39.8 Å². The predicted molar refractivity (Wildman–Crippen MR) is 56.8 cm³/mol. The van der Waals surface area contributed by atoms with Crippen molar-refractivity contribution < 1.29 is 0 Å². The molecule has 1 aliphatic rings.